The van der Waals surface area contributed by atoms with Crippen LogP contribution in [0.15, 0.2) is 6.20 Å². The van der Waals surface area contributed by atoms with Crippen LogP contribution >= 0.6 is 0 Å². The van der Waals surface area contributed by atoms with Crippen LogP contribution in [0, 0.1) is 0 Å². The number of H-pyrrole nitrogens is 1. The zero-order chi connectivity index (χ0) is 11.7. The number of carbonyl (C=O) groups is 1. The number of carbonyl (C=O) groups excluding carboxylic acids is 1. The number of aromatic amines is 1. The van der Waals surface area contributed by atoms with E-state index in [2.05, 4.69) is 25.6 Å². The second kappa shape index (κ2) is 4.42. The lowest BCUT2D eigenvalue weighted by Gasteiger charge is -2.46. The van der Waals surface area contributed by atoms with Crippen molar-refractivity contribution in [2.75, 3.05) is 39.3 Å². The normalized spacial score (nSPS) is 22.5. The van der Waals surface area contributed by atoms with Crippen molar-refractivity contribution < 1.29 is 4.79 Å². The maximum Gasteiger partial charge on any atom is 0.276 e. The summed E-state index contributed by atoms with van der Waals surface area (Å²) in [6.07, 6.45) is 1.47. The molecule has 3 rings (SSSR count). The van der Waals surface area contributed by atoms with Gasteiger partial charge in [-0.05, 0) is 0 Å². The predicted molar refractivity (Wildman–Crippen MR) is 60.5 cm³/mol. The molecular formula is C10H16N6O. The fourth-order valence-electron chi connectivity index (χ4n) is 2.37. The third-order valence-corrected chi connectivity index (χ3v) is 3.45. The molecule has 1 aromatic rings. The Morgan fingerprint density at radius 3 is 2.76 bits per heavy atom. The number of hydrogen-bond acceptors (Lipinski definition) is 5. The molecule has 0 bridgehead atoms. The summed E-state index contributed by atoms with van der Waals surface area (Å²) >= 11 is 0. The molecule has 92 valence electrons. The highest BCUT2D eigenvalue weighted by Gasteiger charge is 2.36. The van der Waals surface area contributed by atoms with Gasteiger partial charge in [-0.2, -0.15) is 15.4 Å². The summed E-state index contributed by atoms with van der Waals surface area (Å²) in [6, 6.07) is 0.521. The molecule has 0 radical (unpaired) electrons. The highest BCUT2D eigenvalue weighted by molar-refractivity contribution is 5.92. The van der Waals surface area contributed by atoms with E-state index in [0.717, 1.165) is 39.3 Å². The molecule has 17 heavy (non-hydrogen) atoms. The van der Waals surface area contributed by atoms with Gasteiger partial charge in [-0.25, -0.2) is 0 Å². The van der Waals surface area contributed by atoms with Gasteiger partial charge in [-0.3, -0.25) is 9.69 Å². The van der Waals surface area contributed by atoms with E-state index in [1.807, 2.05) is 4.90 Å². The highest BCUT2D eigenvalue weighted by Crippen LogP contribution is 2.17. The Balaban J connectivity index is 1.52. The number of piperazine rings is 1. The molecule has 0 saturated carbocycles. The number of aromatic nitrogens is 3. The highest BCUT2D eigenvalue weighted by atomic mass is 16.2. The molecule has 2 saturated heterocycles. The molecule has 0 aliphatic carbocycles. The molecule has 2 aliphatic rings. The fourth-order valence-corrected chi connectivity index (χ4v) is 2.37. The number of likely N-dealkylation sites (tertiary alicyclic amines) is 1. The van der Waals surface area contributed by atoms with Gasteiger partial charge in [0.25, 0.3) is 5.91 Å². The van der Waals surface area contributed by atoms with Crippen molar-refractivity contribution in [3.8, 4) is 0 Å². The van der Waals surface area contributed by atoms with Crippen molar-refractivity contribution in [3.63, 3.8) is 0 Å². The van der Waals surface area contributed by atoms with Crippen LogP contribution in [-0.2, 0) is 0 Å². The SMILES string of the molecule is O=C(c1cn[nH]n1)N1CC(N2CCNCC2)C1. The Hall–Kier alpha value is -1.47. The Bertz CT molecular complexity index is 380. The van der Waals surface area contributed by atoms with E-state index in [4.69, 9.17) is 0 Å². The summed E-state index contributed by atoms with van der Waals surface area (Å²) in [5.74, 6) is -0.0230. The van der Waals surface area contributed by atoms with E-state index in [-0.39, 0.29) is 5.91 Å². The van der Waals surface area contributed by atoms with Crippen LogP contribution in [0.25, 0.3) is 0 Å². The van der Waals surface area contributed by atoms with Crippen molar-refractivity contribution in [2.45, 2.75) is 6.04 Å². The van der Waals surface area contributed by atoms with Crippen molar-refractivity contribution in [1.29, 1.82) is 0 Å². The summed E-state index contributed by atoms with van der Waals surface area (Å²) < 4.78 is 0. The Morgan fingerprint density at radius 1 is 1.35 bits per heavy atom. The van der Waals surface area contributed by atoms with E-state index < -0.39 is 0 Å². The lowest BCUT2D eigenvalue weighted by atomic mass is 10.1. The van der Waals surface area contributed by atoms with Crippen LogP contribution in [-0.4, -0.2) is 76.4 Å². The van der Waals surface area contributed by atoms with E-state index >= 15 is 0 Å². The lowest BCUT2D eigenvalue weighted by molar-refractivity contribution is 0.0222. The number of amides is 1. The molecule has 0 atom stereocenters. The van der Waals surface area contributed by atoms with Crippen LogP contribution in [0.3, 0.4) is 0 Å². The molecule has 0 unspecified atom stereocenters. The molecule has 2 N–H and O–H groups in total. The smallest absolute Gasteiger partial charge is 0.276 e. The van der Waals surface area contributed by atoms with Gasteiger partial charge in [0, 0.05) is 45.3 Å². The quantitative estimate of drug-likeness (QED) is 0.656. The topological polar surface area (TPSA) is 77.2 Å². The van der Waals surface area contributed by atoms with E-state index in [1.165, 1.54) is 6.20 Å². The summed E-state index contributed by atoms with van der Waals surface area (Å²) in [6.45, 7) is 5.88. The second-order valence-corrected chi connectivity index (χ2v) is 4.51. The Labute approximate surface area is 99.2 Å². The van der Waals surface area contributed by atoms with Gasteiger partial charge in [-0.1, -0.05) is 0 Å². The number of nitrogens with zero attached hydrogens (tertiary/aromatic N) is 4. The van der Waals surface area contributed by atoms with Crippen LogP contribution < -0.4 is 5.32 Å². The molecule has 3 heterocycles. The first kappa shape index (κ1) is 10.7. The maximum atomic E-state index is 11.9. The third kappa shape index (κ3) is 2.03. The molecular weight excluding hydrogens is 220 g/mol. The molecule has 2 aliphatic heterocycles. The zero-order valence-electron chi connectivity index (χ0n) is 9.59. The van der Waals surface area contributed by atoms with Gasteiger partial charge in [0.1, 0.15) is 0 Å². The summed E-state index contributed by atoms with van der Waals surface area (Å²) in [5, 5.41) is 13.2. The van der Waals surface area contributed by atoms with E-state index in [0.29, 0.717) is 11.7 Å². The van der Waals surface area contributed by atoms with Gasteiger partial charge in [0.05, 0.1) is 6.20 Å². The first-order chi connectivity index (χ1) is 8.34. The van der Waals surface area contributed by atoms with Crippen LogP contribution in [0.2, 0.25) is 0 Å². The van der Waals surface area contributed by atoms with Crippen molar-refractivity contribution >= 4 is 5.91 Å². The van der Waals surface area contributed by atoms with Crippen LogP contribution in [0.1, 0.15) is 10.5 Å². The van der Waals surface area contributed by atoms with E-state index in [9.17, 15) is 4.79 Å². The lowest BCUT2D eigenvalue weighted by Crippen LogP contribution is -2.63. The summed E-state index contributed by atoms with van der Waals surface area (Å²) in [5.41, 5.74) is 0.406. The molecule has 0 aromatic carbocycles. The van der Waals surface area contributed by atoms with Crippen molar-refractivity contribution in [2.24, 2.45) is 0 Å². The largest absolute Gasteiger partial charge is 0.334 e. The summed E-state index contributed by atoms with van der Waals surface area (Å²) in [4.78, 5) is 16.2. The Kier molecular flexibility index (Phi) is 2.77. The minimum atomic E-state index is -0.0230. The van der Waals surface area contributed by atoms with Crippen molar-refractivity contribution in [1.82, 2.24) is 30.5 Å². The third-order valence-electron chi connectivity index (χ3n) is 3.45. The molecule has 7 nitrogen and oxygen atoms in total. The zero-order valence-corrected chi connectivity index (χ0v) is 9.59. The van der Waals surface area contributed by atoms with Gasteiger partial charge in [0.2, 0.25) is 0 Å². The number of hydrogen-bond donors (Lipinski definition) is 2. The molecule has 7 heteroatoms. The molecule has 1 aromatic heterocycles. The number of rotatable bonds is 2. The Morgan fingerprint density at radius 2 is 2.12 bits per heavy atom. The summed E-state index contributed by atoms with van der Waals surface area (Å²) in [7, 11) is 0. The first-order valence-electron chi connectivity index (χ1n) is 5.94. The van der Waals surface area contributed by atoms with Crippen molar-refractivity contribution in [3.05, 3.63) is 11.9 Å². The average molecular weight is 236 g/mol. The molecule has 0 spiro atoms. The predicted octanol–water partition coefficient (Wildman–Crippen LogP) is -1.47. The first-order valence-corrected chi connectivity index (χ1v) is 5.94. The monoisotopic (exact) mass is 236 g/mol. The average Bonchev–Trinajstić information content (AvgIpc) is 2.81. The minimum Gasteiger partial charge on any atom is -0.334 e. The van der Waals surface area contributed by atoms with Crippen LogP contribution in [0.5, 0.6) is 0 Å². The van der Waals surface area contributed by atoms with Gasteiger partial charge in [0.15, 0.2) is 5.69 Å². The van der Waals surface area contributed by atoms with Gasteiger partial charge in [-0.15, -0.1) is 0 Å². The van der Waals surface area contributed by atoms with Crippen LogP contribution in [0.4, 0.5) is 0 Å². The second-order valence-electron chi connectivity index (χ2n) is 4.51. The molecule has 1 amide bonds. The molecule has 2 fully saturated rings. The van der Waals surface area contributed by atoms with Gasteiger partial charge >= 0.3 is 0 Å². The standard InChI is InChI=1S/C10H16N6O/c17-10(9-5-12-14-13-9)16-6-8(7-16)15-3-1-11-2-4-15/h5,8,11H,1-4,6-7H2,(H,12,13,14). The van der Waals surface area contributed by atoms with E-state index in [1.54, 1.807) is 0 Å². The number of nitrogens with one attached hydrogen (secondary N) is 2. The fraction of sp³-hybridized carbons (Fsp3) is 0.700. The maximum absolute atomic E-state index is 11.9. The van der Waals surface area contributed by atoms with Gasteiger partial charge < -0.3 is 10.2 Å². The minimum absolute atomic E-state index is 0.0230.